The Morgan fingerprint density at radius 3 is 2.57 bits per heavy atom. The molecule has 0 radical (unpaired) electrons. The summed E-state index contributed by atoms with van der Waals surface area (Å²) in [6, 6.07) is 5.46. The Kier molecular flexibility index (Phi) is 4.33. The minimum absolute atomic E-state index is 0.153. The predicted molar refractivity (Wildman–Crippen MR) is 78.0 cm³/mol. The van der Waals surface area contributed by atoms with Crippen LogP contribution in [-0.4, -0.2) is 36.2 Å². The van der Waals surface area contributed by atoms with Crippen molar-refractivity contribution in [2.75, 3.05) is 14.1 Å². The third-order valence-electron chi connectivity index (χ3n) is 2.94. The number of benzene rings is 1. The molecular weight excluding hydrogens is 295 g/mol. The fourth-order valence-corrected chi connectivity index (χ4v) is 2.06. The molecular formula is C15H12ClFN2O2. The van der Waals surface area contributed by atoms with Crippen LogP contribution in [0.2, 0.25) is 5.15 Å². The number of amides is 1. The standard InChI is InChI=1S/C15H12ClFN2O2/c1-19(2)15(21)9-3-4-11(13(17)5-9)12-7-18-14(16)6-10(12)8-20/h3-8H,1-2H3. The summed E-state index contributed by atoms with van der Waals surface area (Å²) in [5.41, 5.74) is 0.990. The number of hydrogen-bond donors (Lipinski definition) is 0. The Labute approximate surface area is 126 Å². The van der Waals surface area contributed by atoms with E-state index >= 15 is 0 Å². The number of pyridine rings is 1. The van der Waals surface area contributed by atoms with Gasteiger partial charge in [-0.3, -0.25) is 9.59 Å². The van der Waals surface area contributed by atoms with Crippen LogP contribution in [0, 0.1) is 5.82 Å². The number of aldehydes is 1. The van der Waals surface area contributed by atoms with E-state index in [1.807, 2.05) is 0 Å². The molecule has 0 fully saturated rings. The van der Waals surface area contributed by atoms with Crippen molar-refractivity contribution in [2.24, 2.45) is 0 Å². The van der Waals surface area contributed by atoms with Crippen LogP contribution in [0.1, 0.15) is 20.7 Å². The number of aromatic nitrogens is 1. The molecule has 4 nitrogen and oxygen atoms in total. The molecule has 0 aliphatic heterocycles. The van der Waals surface area contributed by atoms with E-state index in [1.54, 1.807) is 14.1 Å². The first-order chi connectivity index (χ1) is 9.93. The molecule has 0 N–H and O–H groups in total. The van der Waals surface area contributed by atoms with E-state index in [0.29, 0.717) is 11.8 Å². The van der Waals surface area contributed by atoms with Crippen LogP contribution >= 0.6 is 11.6 Å². The molecule has 21 heavy (non-hydrogen) atoms. The first-order valence-electron chi connectivity index (χ1n) is 6.06. The van der Waals surface area contributed by atoms with Gasteiger partial charge in [0.1, 0.15) is 11.0 Å². The van der Waals surface area contributed by atoms with Crippen molar-refractivity contribution in [3.8, 4) is 11.1 Å². The Hall–Kier alpha value is -2.27. The van der Waals surface area contributed by atoms with Crippen molar-refractivity contribution in [1.29, 1.82) is 0 Å². The lowest BCUT2D eigenvalue weighted by molar-refractivity contribution is 0.0827. The van der Waals surface area contributed by atoms with Crippen molar-refractivity contribution in [2.45, 2.75) is 0 Å². The predicted octanol–water partition coefficient (Wildman–Crippen LogP) is 3.06. The van der Waals surface area contributed by atoms with E-state index in [9.17, 15) is 14.0 Å². The van der Waals surface area contributed by atoms with Crippen LogP contribution < -0.4 is 0 Å². The highest BCUT2D eigenvalue weighted by atomic mass is 35.5. The fraction of sp³-hybridized carbons (Fsp3) is 0.133. The zero-order chi connectivity index (χ0) is 15.6. The Balaban J connectivity index is 2.52. The fourth-order valence-electron chi connectivity index (χ4n) is 1.89. The summed E-state index contributed by atoms with van der Waals surface area (Å²) >= 11 is 5.71. The molecule has 0 unspecified atom stereocenters. The number of hydrogen-bond acceptors (Lipinski definition) is 3. The lowest BCUT2D eigenvalue weighted by atomic mass is 10.0. The first-order valence-corrected chi connectivity index (χ1v) is 6.44. The third kappa shape index (κ3) is 3.08. The largest absolute Gasteiger partial charge is 0.345 e. The molecule has 108 valence electrons. The highest BCUT2D eigenvalue weighted by Gasteiger charge is 2.15. The first kappa shape index (κ1) is 15.1. The van der Waals surface area contributed by atoms with Gasteiger partial charge in [0.25, 0.3) is 5.91 Å². The molecule has 0 aliphatic rings. The summed E-state index contributed by atoms with van der Waals surface area (Å²) in [4.78, 5) is 28.1. The van der Waals surface area contributed by atoms with Gasteiger partial charge in [0.05, 0.1) is 0 Å². The highest BCUT2D eigenvalue weighted by Crippen LogP contribution is 2.27. The molecule has 6 heteroatoms. The van der Waals surface area contributed by atoms with Gasteiger partial charge in [-0.1, -0.05) is 17.7 Å². The molecule has 0 spiro atoms. The number of nitrogens with zero attached hydrogens (tertiary/aromatic N) is 2. The number of carbonyl (C=O) groups is 2. The average molecular weight is 307 g/mol. The smallest absolute Gasteiger partial charge is 0.253 e. The maximum atomic E-state index is 14.2. The molecule has 0 bridgehead atoms. The van der Waals surface area contributed by atoms with Crippen LogP contribution in [0.4, 0.5) is 4.39 Å². The molecule has 1 aromatic carbocycles. The van der Waals surface area contributed by atoms with Gasteiger partial charge in [-0.05, 0) is 18.2 Å². The lowest BCUT2D eigenvalue weighted by Crippen LogP contribution is -2.21. The zero-order valence-corrected chi connectivity index (χ0v) is 12.2. The van der Waals surface area contributed by atoms with E-state index in [-0.39, 0.29) is 27.8 Å². The summed E-state index contributed by atoms with van der Waals surface area (Å²) in [5, 5.41) is 0.153. The molecule has 1 amide bonds. The molecule has 0 atom stereocenters. The Morgan fingerprint density at radius 2 is 2.00 bits per heavy atom. The van der Waals surface area contributed by atoms with Crippen molar-refractivity contribution >= 4 is 23.8 Å². The molecule has 0 aliphatic carbocycles. The normalized spacial score (nSPS) is 10.3. The Bertz CT molecular complexity index is 717. The van der Waals surface area contributed by atoms with E-state index in [0.717, 1.165) is 6.07 Å². The van der Waals surface area contributed by atoms with E-state index in [1.165, 1.54) is 29.3 Å². The van der Waals surface area contributed by atoms with Gasteiger partial charge >= 0.3 is 0 Å². The monoisotopic (exact) mass is 306 g/mol. The van der Waals surface area contributed by atoms with Gasteiger partial charge < -0.3 is 4.90 Å². The third-order valence-corrected chi connectivity index (χ3v) is 3.15. The minimum atomic E-state index is -0.602. The van der Waals surface area contributed by atoms with Gasteiger partial charge in [0.15, 0.2) is 6.29 Å². The van der Waals surface area contributed by atoms with E-state index in [2.05, 4.69) is 4.98 Å². The quantitative estimate of drug-likeness (QED) is 0.647. The molecule has 1 heterocycles. The zero-order valence-electron chi connectivity index (χ0n) is 11.4. The van der Waals surface area contributed by atoms with Gasteiger partial charge in [-0.2, -0.15) is 0 Å². The molecule has 2 rings (SSSR count). The van der Waals surface area contributed by atoms with Crippen LogP contribution in [-0.2, 0) is 0 Å². The van der Waals surface area contributed by atoms with Crippen molar-refractivity contribution in [3.63, 3.8) is 0 Å². The van der Waals surface area contributed by atoms with Crippen LogP contribution in [0.15, 0.2) is 30.5 Å². The van der Waals surface area contributed by atoms with Gasteiger partial charge in [0, 0.05) is 42.5 Å². The Morgan fingerprint density at radius 1 is 1.29 bits per heavy atom. The molecule has 2 aromatic rings. The van der Waals surface area contributed by atoms with Crippen LogP contribution in [0.3, 0.4) is 0 Å². The second-order valence-electron chi connectivity index (χ2n) is 4.61. The van der Waals surface area contributed by atoms with Crippen molar-refractivity contribution in [1.82, 2.24) is 9.88 Å². The van der Waals surface area contributed by atoms with Crippen molar-refractivity contribution in [3.05, 3.63) is 52.6 Å². The topological polar surface area (TPSA) is 50.3 Å². The van der Waals surface area contributed by atoms with Gasteiger partial charge in [-0.25, -0.2) is 9.37 Å². The highest BCUT2D eigenvalue weighted by molar-refractivity contribution is 6.29. The molecule has 1 aromatic heterocycles. The van der Waals surface area contributed by atoms with Crippen LogP contribution in [0.5, 0.6) is 0 Å². The SMILES string of the molecule is CN(C)C(=O)c1ccc(-c2cnc(Cl)cc2C=O)c(F)c1. The average Bonchev–Trinajstić information content (AvgIpc) is 2.46. The second kappa shape index (κ2) is 6.01. The molecule has 0 saturated carbocycles. The summed E-state index contributed by atoms with van der Waals surface area (Å²) in [6.45, 7) is 0. The van der Waals surface area contributed by atoms with Gasteiger partial charge in [-0.15, -0.1) is 0 Å². The number of halogens is 2. The summed E-state index contributed by atoms with van der Waals surface area (Å²) in [6.07, 6.45) is 1.92. The van der Waals surface area contributed by atoms with Gasteiger partial charge in [0.2, 0.25) is 0 Å². The summed E-state index contributed by atoms with van der Waals surface area (Å²) < 4.78 is 14.2. The summed E-state index contributed by atoms with van der Waals surface area (Å²) in [7, 11) is 3.17. The van der Waals surface area contributed by atoms with E-state index < -0.39 is 5.82 Å². The number of carbonyl (C=O) groups excluding carboxylic acids is 2. The molecule has 0 saturated heterocycles. The second-order valence-corrected chi connectivity index (χ2v) is 4.99. The lowest BCUT2D eigenvalue weighted by Gasteiger charge is -2.12. The van der Waals surface area contributed by atoms with E-state index in [4.69, 9.17) is 11.6 Å². The van der Waals surface area contributed by atoms with Crippen LogP contribution in [0.25, 0.3) is 11.1 Å². The maximum absolute atomic E-state index is 14.2. The summed E-state index contributed by atoms with van der Waals surface area (Å²) in [5.74, 6) is -0.903. The number of rotatable bonds is 3. The maximum Gasteiger partial charge on any atom is 0.253 e. The van der Waals surface area contributed by atoms with Crippen molar-refractivity contribution < 1.29 is 14.0 Å². The minimum Gasteiger partial charge on any atom is -0.345 e.